The number of aromatic nitrogens is 1. The monoisotopic (exact) mass is 271 g/mol. The number of nitrogens with zero attached hydrogens (tertiary/aromatic N) is 3. The molecule has 0 unspecified atom stereocenters. The second kappa shape index (κ2) is 5.44. The number of aryl methyl sites for hydroxylation is 2. The molecule has 0 aromatic carbocycles. The maximum Gasteiger partial charge on any atom is 0.147 e. The lowest BCUT2D eigenvalue weighted by atomic mass is 9.75. The third-order valence-electron chi connectivity index (χ3n) is 4.46. The molecule has 0 spiro atoms. The summed E-state index contributed by atoms with van der Waals surface area (Å²) in [6, 6.07) is 4.32. The van der Waals surface area contributed by atoms with Crippen molar-refractivity contribution in [2.45, 2.75) is 47.5 Å². The van der Waals surface area contributed by atoms with Crippen LogP contribution in [0, 0.1) is 36.5 Å². The van der Waals surface area contributed by atoms with Gasteiger partial charge in [0.1, 0.15) is 11.9 Å². The van der Waals surface area contributed by atoms with Gasteiger partial charge in [0.25, 0.3) is 0 Å². The van der Waals surface area contributed by atoms with E-state index in [-0.39, 0.29) is 0 Å². The van der Waals surface area contributed by atoms with E-state index >= 15 is 0 Å². The molecule has 2 rings (SSSR count). The standard InChI is InChI=1S/C17H25N3/c1-12-10-13(2)19-16(15(12)11-18)20-8-6-14(7-9-20)17(3,4)5/h10,14H,6-9H2,1-5H3. The summed E-state index contributed by atoms with van der Waals surface area (Å²) in [5.74, 6) is 1.65. The quantitative estimate of drug-likeness (QED) is 0.779. The lowest BCUT2D eigenvalue weighted by Crippen LogP contribution is -2.39. The zero-order chi connectivity index (χ0) is 14.9. The number of hydrogen-bond acceptors (Lipinski definition) is 3. The molecule has 0 amide bonds. The largest absolute Gasteiger partial charge is 0.355 e. The molecule has 108 valence electrons. The number of pyridine rings is 1. The first-order valence-corrected chi connectivity index (χ1v) is 7.46. The van der Waals surface area contributed by atoms with Crippen molar-refractivity contribution in [2.75, 3.05) is 18.0 Å². The molecule has 3 heteroatoms. The molecular formula is C17H25N3. The molecule has 1 aromatic heterocycles. The highest BCUT2D eigenvalue weighted by Gasteiger charge is 2.30. The van der Waals surface area contributed by atoms with E-state index in [1.54, 1.807) is 0 Å². The van der Waals surface area contributed by atoms with Crippen molar-refractivity contribution in [3.8, 4) is 6.07 Å². The van der Waals surface area contributed by atoms with Crippen molar-refractivity contribution < 1.29 is 0 Å². The predicted octanol–water partition coefficient (Wildman–Crippen LogP) is 3.83. The van der Waals surface area contributed by atoms with Gasteiger partial charge in [-0.15, -0.1) is 0 Å². The average Bonchev–Trinajstić information content (AvgIpc) is 2.37. The highest BCUT2D eigenvalue weighted by Crippen LogP contribution is 2.36. The van der Waals surface area contributed by atoms with Gasteiger partial charge < -0.3 is 4.90 Å². The van der Waals surface area contributed by atoms with Crippen molar-refractivity contribution in [3.63, 3.8) is 0 Å². The van der Waals surface area contributed by atoms with Crippen molar-refractivity contribution in [3.05, 3.63) is 22.9 Å². The van der Waals surface area contributed by atoms with Gasteiger partial charge in [0.2, 0.25) is 0 Å². The summed E-state index contributed by atoms with van der Waals surface area (Å²) >= 11 is 0. The van der Waals surface area contributed by atoms with Crippen LogP contribution >= 0.6 is 0 Å². The van der Waals surface area contributed by atoms with Crippen molar-refractivity contribution in [1.82, 2.24) is 4.98 Å². The van der Waals surface area contributed by atoms with Crippen LogP contribution in [0.4, 0.5) is 5.82 Å². The topological polar surface area (TPSA) is 39.9 Å². The van der Waals surface area contributed by atoms with E-state index < -0.39 is 0 Å². The Kier molecular flexibility index (Phi) is 4.04. The molecule has 0 N–H and O–H groups in total. The molecule has 1 aliphatic rings. The van der Waals surface area contributed by atoms with Gasteiger partial charge in [-0.25, -0.2) is 4.98 Å². The molecule has 20 heavy (non-hydrogen) atoms. The Morgan fingerprint density at radius 2 is 1.85 bits per heavy atom. The third kappa shape index (κ3) is 2.95. The first-order chi connectivity index (χ1) is 9.32. The van der Waals surface area contributed by atoms with E-state index in [4.69, 9.17) is 0 Å². The van der Waals surface area contributed by atoms with Gasteiger partial charge in [-0.1, -0.05) is 20.8 Å². The minimum Gasteiger partial charge on any atom is -0.355 e. The SMILES string of the molecule is Cc1cc(C)c(C#N)c(N2CCC(C(C)(C)C)CC2)n1. The zero-order valence-corrected chi connectivity index (χ0v) is 13.3. The minimum atomic E-state index is 0.375. The summed E-state index contributed by atoms with van der Waals surface area (Å²) in [7, 11) is 0. The van der Waals surface area contributed by atoms with Crippen LogP contribution in [0.15, 0.2) is 6.07 Å². The van der Waals surface area contributed by atoms with Crippen molar-refractivity contribution in [2.24, 2.45) is 11.3 Å². The zero-order valence-electron chi connectivity index (χ0n) is 13.3. The minimum absolute atomic E-state index is 0.375. The lowest BCUT2D eigenvalue weighted by molar-refractivity contribution is 0.198. The van der Waals surface area contributed by atoms with Crippen LogP contribution < -0.4 is 4.90 Å². The highest BCUT2D eigenvalue weighted by molar-refractivity contribution is 5.58. The van der Waals surface area contributed by atoms with Gasteiger partial charge in [-0.3, -0.25) is 0 Å². The number of hydrogen-bond donors (Lipinski definition) is 0. The van der Waals surface area contributed by atoms with Gasteiger partial charge in [-0.2, -0.15) is 5.26 Å². The highest BCUT2D eigenvalue weighted by atomic mass is 15.2. The van der Waals surface area contributed by atoms with Crippen LogP contribution in [0.2, 0.25) is 0 Å². The summed E-state index contributed by atoms with van der Waals surface area (Å²) in [4.78, 5) is 6.91. The molecule has 1 fully saturated rings. The first-order valence-electron chi connectivity index (χ1n) is 7.46. The summed E-state index contributed by atoms with van der Waals surface area (Å²) < 4.78 is 0. The Balaban J connectivity index is 2.21. The van der Waals surface area contributed by atoms with Crippen molar-refractivity contribution >= 4 is 5.82 Å². The fourth-order valence-electron chi connectivity index (χ4n) is 3.14. The second-order valence-electron chi connectivity index (χ2n) is 7.02. The third-order valence-corrected chi connectivity index (χ3v) is 4.46. The molecule has 0 bridgehead atoms. The molecule has 0 radical (unpaired) electrons. The number of nitriles is 1. The van der Waals surface area contributed by atoms with Gasteiger partial charge in [0, 0.05) is 18.8 Å². The van der Waals surface area contributed by atoms with Crippen LogP contribution in [0.25, 0.3) is 0 Å². The van der Waals surface area contributed by atoms with Crippen LogP contribution in [0.1, 0.15) is 50.4 Å². The van der Waals surface area contributed by atoms with Gasteiger partial charge in [-0.05, 0) is 49.7 Å². The summed E-state index contributed by atoms with van der Waals surface area (Å²) in [5.41, 5.74) is 3.15. The van der Waals surface area contributed by atoms with Gasteiger partial charge in [0.15, 0.2) is 0 Å². The summed E-state index contributed by atoms with van der Waals surface area (Å²) in [6.07, 6.45) is 2.37. The fourth-order valence-corrected chi connectivity index (χ4v) is 3.14. The average molecular weight is 271 g/mol. The van der Waals surface area contributed by atoms with Crippen molar-refractivity contribution in [1.29, 1.82) is 5.26 Å². The van der Waals surface area contributed by atoms with E-state index in [1.807, 2.05) is 19.9 Å². The Bertz CT molecular complexity index is 526. The summed E-state index contributed by atoms with van der Waals surface area (Å²) in [6.45, 7) is 13.0. The van der Waals surface area contributed by atoms with Gasteiger partial charge in [0.05, 0.1) is 5.56 Å². The number of piperidine rings is 1. The normalized spacial score (nSPS) is 17.1. The van der Waals surface area contributed by atoms with E-state index in [1.165, 1.54) is 12.8 Å². The summed E-state index contributed by atoms with van der Waals surface area (Å²) in [5, 5.41) is 9.39. The molecule has 0 atom stereocenters. The molecule has 1 aliphatic heterocycles. The lowest BCUT2D eigenvalue weighted by Gasteiger charge is -2.39. The van der Waals surface area contributed by atoms with Gasteiger partial charge >= 0.3 is 0 Å². The first kappa shape index (κ1) is 14.8. The molecule has 0 saturated carbocycles. The maximum atomic E-state index is 9.39. The van der Waals surface area contributed by atoms with E-state index in [2.05, 4.69) is 36.7 Å². The number of rotatable bonds is 1. The number of anilines is 1. The Labute approximate surface area is 122 Å². The molecular weight excluding hydrogens is 246 g/mol. The Morgan fingerprint density at radius 3 is 2.35 bits per heavy atom. The predicted molar refractivity (Wildman–Crippen MR) is 82.8 cm³/mol. The smallest absolute Gasteiger partial charge is 0.147 e. The maximum absolute atomic E-state index is 9.39. The van der Waals surface area contributed by atoms with E-state index in [9.17, 15) is 5.26 Å². The molecule has 0 aliphatic carbocycles. The molecule has 1 aromatic rings. The molecule has 1 saturated heterocycles. The molecule has 3 nitrogen and oxygen atoms in total. The van der Waals surface area contributed by atoms with E-state index in [0.717, 1.165) is 41.6 Å². The fraction of sp³-hybridized carbons (Fsp3) is 0.647. The van der Waals surface area contributed by atoms with Crippen LogP contribution in [0.3, 0.4) is 0 Å². The van der Waals surface area contributed by atoms with Crippen LogP contribution in [-0.4, -0.2) is 18.1 Å². The van der Waals surface area contributed by atoms with E-state index in [0.29, 0.717) is 5.41 Å². The Hall–Kier alpha value is -1.56. The molecule has 2 heterocycles. The van der Waals surface area contributed by atoms with Crippen LogP contribution in [-0.2, 0) is 0 Å². The Morgan fingerprint density at radius 1 is 1.25 bits per heavy atom. The van der Waals surface area contributed by atoms with Crippen LogP contribution in [0.5, 0.6) is 0 Å². The second-order valence-corrected chi connectivity index (χ2v) is 7.02.